The quantitative estimate of drug-likeness (QED) is 0.597. The highest BCUT2D eigenvalue weighted by Crippen LogP contribution is 2.53. The van der Waals surface area contributed by atoms with Crippen molar-refractivity contribution in [3.8, 4) is 0 Å². The van der Waals surface area contributed by atoms with Gasteiger partial charge in [-0.3, -0.25) is 0 Å². The Kier molecular flexibility index (Phi) is 2.02. The summed E-state index contributed by atoms with van der Waals surface area (Å²) in [7, 11) is 0. The molecule has 2 fully saturated rings. The van der Waals surface area contributed by atoms with E-state index in [0.717, 1.165) is 24.3 Å². The fourth-order valence-electron chi connectivity index (χ4n) is 2.03. The smallest absolute Gasteiger partial charge is 0.00487 e. The molecule has 0 aromatic rings. The SMILES string of the molecule is Cl.NCC1CC2CC2C1. The van der Waals surface area contributed by atoms with Crippen LogP contribution in [-0.2, 0) is 0 Å². The first-order chi connectivity index (χ1) is 3.90. The molecule has 2 heteroatoms. The van der Waals surface area contributed by atoms with E-state index in [4.69, 9.17) is 5.73 Å². The average molecular weight is 148 g/mol. The summed E-state index contributed by atoms with van der Waals surface area (Å²) in [5, 5.41) is 0. The van der Waals surface area contributed by atoms with Crippen LogP contribution in [0.25, 0.3) is 0 Å². The van der Waals surface area contributed by atoms with E-state index in [-0.39, 0.29) is 12.4 Å². The molecule has 1 nitrogen and oxygen atoms in total. The third-order valence-electron chi connectivity index (χ3n) is 2.67. The Balaban J connectivity index is 0.000000405. The molecule has 2 atom stereocenters. The van der Waals surface area contributed by atoms with Gasteiger partial charge in [0.2, 0.25) is 0 Å². The lowest BCUT2D eigenvalue weighted by Gasteiger charge is -2.04. The molecule has 9 heavy (non-hydrogen) atoms. The molecule has 0 spiro atoms. The van der Waals surface area contributed by atoms with Crippen molar-refractivity contribution in [2.45, 2.75) is 19.3 Å². The second-order valence-electron chi connectivity index (χ2n) is 3.33. The molecule has 2 unspecified atom stereocenters. The van der Waals surface area contributed by atoms with E-state index in [1.54, 1.807) is 0 Å². The third kappa shape index (κ3) is 1.22. The zero-order valence-corrected chi connectivity index (χ0v) is 6.36. The summed E-state index contributed by atoms with van der Waals surface area (Å²) < 4.78 is 0. The van der Waals surface area contributed by atoms with Crippen LogP contribution in [0.5, 0.6) is 0 Å². The van der Waals surface area contributed by atoms with Crippen LogP contribution in [0.2, 0.25) is 0 Å². The highest BCUT2D eigenvalue weighted by molar-refractivity contribution is 5.85. The second kappa shape index (κ2) is 2.47. The first-order valence-corrected chi connectivity index (χ1v) is 3.60. The van der Waals surface area contributed by atoms with Crippen molar-refractivity contribution < 1.29 is 0 Å². The Hall–Kier alpha value is 0.250. The second-order valence-corrected chi connectivity index (χ2v) is 3.33. The number of fused-ring (bicyclic) bond motifs is 1. The molecule has 2 N–H and O–H groups in total. The largest absolute Gasteiger partial charge is 0.330 e. The predicted octanol–water partition coefficient (Wildman–Crippen LogP) is 1.41. The Morgan fingerprint density at radius 1 is 1.11 bits per heavy atom. The molecule has 0 aromatic carbocycles. The van der Waals surface area contributed by atoms with Crippen LogP contribution < -0.4 is 5.73 Å². The first kappa shape index (κ1) is 7.36. The monoisotopic (exact) mass is 147 g/mol. The van der Waals surface area contributed by atoms with Gasteiger partial charge in [-0.15, -0.1) is 12.4 Å². The fourth-order valence-corrected chi connectivity index (χ4v) is 2.03. The highest BCUT2D eigenvalue weighted by Gasteiger charge is 2.44. The van der Waals surface area contributed by atoms with Gasteiger partial charge in [0.05, 0.1) is 0 Å². The summed E-state index contributed by atoms with van der Waals surface area (Å²) in [4.78, 5) is 0. The molecule has 0 aliphatic heterocycles. The average Bonchev–Trinajstić information content (AvgIpc) is 2.40. The Morgan fingerprint density at radius 2 is 1.67 bits per heavy atom. The molecule has 0 bridgehead atoms. The number of hydrogen-bond donors (Lipinski definition) is 1. The topological polar surface area (TPSA) is 26.0 Å². The number of nitrogens with two attached hydrogens (primary N) is 1. The van der Waals surface area contributed by atoms with Crippen molar-refractivity contribution in [1.82, 2.24) is 0 Å². The lowest BCUT2D eigenvalue weighted by atomic mass is 10.0. The maximum absolute atomic E-state index is 5.52. The van der Waals surface area contributed by atoms with Crippen LogP contribution in [0, 0.1) is 17.8 Å². The molecule has 2 rings (SSSR count). The number of halogens is 1. The third-order valence-corrected chi connectivity index (χ3v) is 2.67. The lowest BCUT2D eigenvalue weighted by molar-refractivity contribution is 0.499. The molecule has 0 radical (unpaired) electrons. The molecular weight excluding hydrogens is 134 g/mol. The highest BCUT2D eigenvalue weighted by atomic mass is 35.5. The summed E-state index contributed by atoms with van der Waals surface area (Å²) in [6.45, 7) is 0.938. The van der Waals surface area contributed by atoms with Gasteiger partial charge < -0.3 is 5.73 Å². The van der Waals surface area contributed by atoms with E-state index in [1.807, 2.05) is 0 Å². The van der Waals surface area contributed by atoms with E-state index in [0.29, 0.717) is 0 Å². The summed E-state index contributed by atoms with van der Waals surface area (Å²) in [6, 6.07) is 0. The molecule has 0 saturated heterocycles. The zero-order valence-electron chi connectivity index (χ0n) is 5.55. The van der Waals surface area contributed by atoms with Crippen LogP contribution in [0.1, 0.15) is 19.3 Å². The van der Waals surface area contributed by atoms with Crippen LogP contribution in [0.4, 0.5) is 0 Å². The van der Waals surface area contributed by atoms with Crippen LogP contribution in [-0.4, -0.2) is 6.54 Å². The van der Waals surface area contributed by atoms with Crippen molar-refractivity contribution in [1.29, 1.82) is 0 Å². The standard InChI is InChI=1S/C7H13N.ClH/c8-4-5-1-6-3-7(6)2-5;/h5-7H,1-4,8H2;1H. The van der Waals surface area contributed by atoms with Crippen LogP contribution in [0.3, 0.4) is 0 Å². The maximum Gasteiger partial charge on any atom is -0.00487 e. The van der Waals surface area contributed by atoms with Gasteiger partial charge in [-0.05, 0) is 43.6 Å². The molecule has 2 aliphatic rings. The van der Waals surface area contributed by atoms with Gasteiger partial charge >= 0.3 is 0 Å². The van der Waals surface area contributed by atoms with Crippen molar-refractivity contribution in [3.05, 3.63) is 0 Å². The van der Waals surface area contributed by atoms with Crippen molar-refractivity contribution in [2.75, 3.05) is 6.54 Å². The van der Waals surface area contributed by atoms with Crippen LogP contribution in [0.15, 0.2) is 0 Å². The van der Waals surface area contributed by atoms with Gasteiger partial charge in [0.25, 0.3) is 0 Å². The Morgan fingerprint density at radius 3 is 2.00 bits per heavy atom. The van der Waals surface area contributed by atoms with Gasteiger partial charge in [-0.25, -0.2) is 0 Å². The Bertz CT molecular complexity index is 95.1. The minimum absolute atomic E-state index is 0. The molecule has 2 saturated carbocycles. The minimum atomic E-state index is 0. The van der Waals surface area contributed by atoms with Gasteiger partial charge in [0.1, 0.15) is 0 Å². The minimum Gasteiger partial charge on any atom is -0.330 e. The van der Waals surface area contributed by atoms with Crippen molar-refractivity contribution in [3.63, 3.8) is 0 Å². The van der Waals surface area contributed by atoms with E-state index in [2.05, 4.69) is 0 Å². The summed E-state index contributed by atoms with van der Waals surface area (Å²) in [5.41, 5.74) is 5.52. The van der Waals surface area contributed by atoms with E-state index >= 15 is 0 Å². The molecule has 0 amide bonds. The van der Waals surface area contributed by atoms with Gasteiger partial charge in [-0.2, -0.15) is 0 Å². The van der Waals surface area contributed by atoms with Crippen molar-refractivity contribution in [2.24, 2.45) is 23.5 Å². The molecular formula is C7H14ClN. The fraction of sp³-hybridized carbons (Fsp3) is 1.00. The lowest BCUT2D eigenvalue weighted by Crippen LogP contribution is -2.11. The van der Waals surface area contributed by atoms with Crippen LogP contribution >= 0.6 is 12.4 Å². The molecule has 0 heterocycles. The van der Waals surface area contributed by atoms with Gasteiger partial charge in [0.15, 0.2) is 0 Å². The van der Waals surface area contributed by atoms with Crippen molar-refractivity contribution >= 4 is 12.4 Å². The molecule has 2 aliphatic carbocycles. The Labute approximate surface area is 62.4 Å². The number of hydrogen-bond acceptors (Lipinski definition) is 1. The first-order valence-electron chi connectivity index (χ1n) is 3.60. The maximum atomic E-state index is 5.52. The summed E-state index contributed by atoms with van der Waals surface area (Å²) >= 11 is 0. The molecule has 54 valence electrons. The summed E-state index contributed by atoms with van der Waals surface area (Å²) in [5.74, 6) is 3.13. The summed E-state index contributed by atoms with van der Waals surface area (Å²) in [6.07, 6.45) is 4.42. The normalized spacial score (nSPS) is 45.7. The predicted molar refractivity (Wildman–Crippen MR) is 40.6 cm³/mol. The van der Waals surface area contributed by atoms with Gasteiger partial charge in [0, 0.05) is 0 Å². The van der Waals surface area contributed by atoms with E-state index < -0.39 is 0 Å². The van der Waals surface area contributed by atoms with E-state index in [9.17, 15) is 0 Å². The number of rotatable bonds is 1. The molecule has 0 aromatic heterocycles. The zero-order chi connectivity index (χ0) is 5.56. The van der Waals surface area contributed by atoms with E-state index in [1.165, 1.54) is 19.3 Å². The van der Waals surface area contributed by atoms with Gasteiger partial charge in [-0.1, -0.05) is 0 Å².